The zero-order valence-electron chi connectivity index (χ0n) is 16.9. The monoisotopic (exact) mass is 483 g/mol. The molecule has 1 heterocycles. The Kier molecular flexibility index (Phi) is 6.55. The van der Waals surface area contributed by atoms with Crippen LogP contribution in [0.3, 0.4) is 0 Å². The quantitative estimate of drug-likeness (QED) is 0.326. The highest BCUT2D eigenvalue weighted by Crippen LogP contribution is 2.30. The minimum atomic E-state index is -3.79. The van der Waals surface area contributed by atoms with Gasteiger partial charge in [-0.3, -0.25) is 4.72 Å². The molecule has 0 fully saturated rings. The van der Waals surface area contributed by atoms with Crippen molar-refractivity contribution in [2.24, 2.45) is 4.99 Å². The summed E-state index contributed by atoms with van der Waals surface area (Å²) >= 11 is 7.42. The lowest BCUT2D eigenvalue weighted by atomic mass is 10.1. The summed E-state index contributed by atoms with van der Waals surface area (Å²) in [6, 6.07) is 21.1. The van der Waals surface area contributed by atoms with Crippen molar-refractivity contribution in [3.63, 3.8) is 0 Å². The number of rotatable bonds is 7. The van der Waals surface area contributed by atoms with Gasteiger partial charge < -0.3 is 4.74 Å². The molecule has 0 bridgehead atoms. The molecule has 0 aliphatic heterocycles. The molecule has 1 N–H and O–H groups in total. The van der Waals surface area contributed by atoms with Gasteiger partial charge in [-0.1, -0.05) is 54.1 Å². The minimum Gasteiger partial charge on any atom is -0.495 e. The van der Waals surface area contributed by atoms with Gasteiger partial charge in [-0.25, -0.2) is 18.4 Å². The Hall–Kier alpha value is -3.20. The topological polar surface area (TPSA) is 80.7 Å². The summed E-state index contributed by atoms with van der Waals surface area (Å²) < 4.78 is 33.0. The summed E-state index contributed by atoms with van der Waals surface area (Å²) in [4.78, 5) is 9.00. The fourth-order valence-electron chi connectivity index (χ4n) is 2.86. The second kappa shape index (κ2) is 9.52. The van der Waals surface area contributed by atoms with E-state index in [-0.39, 0.29) is 4.90 Å². The maximum absolute atomic E-state index is 12.7. The zero-order valence-corrected chi connectivity index (χ0v) is 19.3. The fourth-order valence-corrected chi connectivity index (χ4v) is 4.79. The predicted molar refractivity (Wildman–Crippen MR) is 130 cm³/mol. The van der Waals surface area contributed by atoms with E-state index < -0.39 is 10.0 Å². The molecule has 32 heavy (non-hydrogen) atoms. The first-order valence-corrected chi connectivity index (χ1v) is 12.2. The van der Waals surface area contributed by atoms with Crippen molar-refractivity contribution >= 4 is 50.0 Å². The molecule has 3 aromatic carbocycles. The van der Waals surface area contributed by atoms with Crippen molar-refractivity contribution in [2.45, 2.75) is 4.90 Å². The highest BCUT2D eigenvalue weighted by Gasteiger charge is 2.16. The first-order valence-electron chi connectivity index (χ1n) is 9.46. The second-order valence-corrected chi connectivity index (χ2v) is 9.59. The van der Waals surface area contributed by atoms with Crippen LogP contribution in [-0.2, 0) is 10.0 Å². The third-order valence-corrected chi connectivity index (χ3v) is 6.92. The van der Waals surface area contributed by atoms with Gasteiger partial charge in [0.05, 0.1) is 22.7 Å². The lowest BCUT2D eigenvalue weighted by Gasteiger charge is -2.10. The van der Waals surface area contributed by atoms with Crippen molar-refractivity contribution in [3.8, 4) is 17.0 Å². The highest BCUT2D eigenvalue weighted by atomic mass is 35.5. The Morgan fingerprint density at radius 2 is 1.81 bits per heavy atom. The number of halogens is 1. The molecule has 0 saturated heterocycles. The van der Waals surface area contributed by atoms with Crippen molar-refractivity contribution in [2.75, 3.05) is 11.8 Å². The molecule has 0 amide bonds. The van der Waals surface area contributed by atoms with Gasteiger partial charge in [0, 0.05) is 28.9 Å². The van der Waals surface area contributed by atoms with Crippen LogP contribution in [-0.4, -0.2) is 26.7 Å². The molecule has 6 nitrogen and oxygen atoms in total. The van der Waals surface area contributed by atoms with E-state index in [4.69, 9.17) is 16.3 Å². The largest absolute Gasteiger partial charge is 0.495 e. The van der Waals surface area contributed by atoms with Crippen LogP contribution in [0.15, 0.2) is 88.1 Å². The first-order chi connectivity index (χ1) is 15.4. The molecule has 4 rings (SSSR count). The molecule has 162 valence electrons. The molecule has 0 aliphatic carbocycles. The van der Waals surface area contributed by atoms with Crippen LogP contribution in [0.25, 0.3) is 11.3 Å². The van der Waals surface area contributed by atoms with Crippen molar-refractivity contribution in [1.82, 2.24) is 4.98 Å². The predicted octanol–water partition coefficient (Wildman–Crippen LogP) is 6.02. The number of anilines is 1. The molecule has 0 saturated carbocycles. The maximum atomic E-state index is 12.7. The summed E-state index contributed by atoms with van der Waals surface area (Å²) in [6.07, 6.45) is 1.77. The van der Waals surface area contributed by atoms with E-state index >= 15 is 0 Å². The van der Waals surface area contributed by atoms with Crippen LogP contribution in [0, 0.1) is 0 Å². The van der Waals surface area contributed by atoms with Gasteiger partial charge >= 0.3 is 0 Å². The summed E-state index contributed by atoms with van der Waals surface area (Å²) in [7, 11) is -2.36. The Morgan fingerprint density at radius 3 is 2.53 bits per heavy atom. The van der Waals surface area contributed by atoms with Gasteiger partial charge in [-0.15, -0.1) is 11.3 Å². The normalized spacial score (nSPS) is 11.6. The number of sulfonamides is 1. The Morgan fingerprint density at radius 1 is 1.06 bits per heavy atom. The Labute approximate surface area is 195 Å². The van der Waals surface area contributed by atoms with Crippen LogP contribution in [0.1, 0.15) is 5.56 Å². The number of thiazole rings is 1. The van der Waals surface area contributed by atoms with Gasteiger partial charge in [0.1, 0.15) is 5.75 Å². The third-order valence-electron chi connectivity index (χ3n) is 4.48. The number of hydrogen-bond acceptors (Lipinski definition) is 6. The van der Waals surface area contributed by atoms with E-state index in [1.165, 1.54) is 36.6 Å². The van der Waals surface area contributed by atoms with Crippen LogP contribution in [0.4, 0.5) is 10.8 Å². The molecule has 0 atom stereocenters. The molecule has 0 spiro atoms. The van der Waals surface area contributed by atoms with E-state index in [2.05, 4.69) is 14.7 Å². The minimum absolute atomic E-state index is 0.0586. The van der Waals surface area contributed by atoms with E-state index in [1.54, 1.807) is 30.5 Å². The average Bonchev–Trinajstić information content (AvgIpc) is 3.28. The van der Waals surface area contributed by atoms with Crippen LogP contribution in [0.5, 0.6) is 5.75 Å². The number of nitrogens with zero attached hydrogens (tertiary/aromatic N) is 2. The van der Waals surface area contributed by atoms with Crippen molar-refractivity contribution in [1.29, 1.82) is 0 Å². The lowest BCUT2D eigenvalue weighted by Crippen LogP contribution is -2.13. The van der Waals surface area contributed by atoms with Crippen LogP contribution in [0.2, 0.25) is 5.02 Å². The number of benzene rings is 3. The number of methoxy groups -OCH3 is 1. The molecule has 0 unspecified atom stereocenters. The lowest BCUT2D eigenvalue weighted by molar-refractivity contribution is 0.413. The van der Waals surface area contributed by atoms with Crippen LogP contribution < -0.4 is 9.46 Å². The fraction of sp³-hybridized carbons (Fsp3) is 0.0435. The molecular weight excluding hydrogens is 466 g/mol. The van der Waals surface area contributed by atoms with Gasteiger partial charge in [-0.2, -0.15) is 0 Å². The highest BCUT2D eigenvalue weighted by molar-refractivity contribution is 7.92. The SMILES string of the molecule is COc1cc(S(=O)(=O)Nc2ccc(-c3csc(/N=C/c4ccccc4)n3)cc2)ccc1Cl. The van der Waals surface area contributed by atoms with E-state index in [0.717, 1.165) is 16.8 Å². The molecule has 0 radical (unpaired) electrons. The molecule has 9 heteroatoms. The third kappa shape index (κ3) is 5.16. The number of nitrogens with one attached hydrogen (secondary N) is 1. The first kappa shape index (κ1) is 22.0. The number of hydrogen-bond donors (Lipinski definition) is 1. The smallest absolute Gasteiger partial charge is 0.262 e. The van der Waals surface area contributed by atoms with E-state index in [0.29, 0.717) is 21.6 Å². The number of ether oxygens (including phenoxy) is 1. The van der Waals surface area contributed by atoms with E-state index in [1.807, 2.05) is 35.7 Å². The second-order valence-electron chi connectivity index (χ2n) is 6.66. The van der Waals surface area contributed by atoms with Gasteiger partial charge in [-0.05, 0) is 29.8 Å². The van der Waals surface area contributed by atoms with Crippen molar-refractivity contribution < 1.29 is 13.2 Å². The van der Waals surface area contributed by atoms with Crippen LogP contribution >= 0.6 is 22.9 Å². The average molecular weight is 484 g/mol. The zero-order chi connectivity index (χ0) is 22.6. The Bertz CT molecular complexity index is 1350. The summed E-state index contributed by atoms with van der Waals surface area (Å²) in [5.41, 5.74) is 3.06. The van der Waals surface area contributed by atoms with Crippen molar-refractivity contribution in [3.05, 3.63) is 88.8 Å². The molecule has 4 aromatic rings. The van der Waals surface area contributed by atoms with Gasteiger partial charge in [0.15, 0.2) is 0 Å². The maximum Gasteiger partial charge on any atom is 0.262 e. The van der Waals surface area contributed by atoms with Gasteiger partial charge in [0.25, 0.3) is 10.0 Å². The molecule has 1 aromatic heterocycles. The summed E-state index contributed by atoms with van der Waals surface area (Å²) in [5.74, 6) is 0.291. The standard InChI is InChI=1S/C23H18ClN3O3S2/c1-30-22-13-19(11-12-20(22)24)32(28,29)27-18-9-7-17(8-10-18)21-15-31-23(26-21)25-14-16-5-3-2-4-6-16/h2-15,27H,1H3/b25-14+. The Balaban J connectivity index is 1.48. The summed E-state index contributed by atoms with van der Waals surface area (Å²) in [6.45, 7) is 0. The number of aromatic nitrogens is 1. The van der Waals surface area contributed by atoms with Gasteiger partial charge in [0.2, 0.25) is 5.13 Å². The molecule has 0 aliphatic rings. The van der Waals surface area contributed by atoms with E-state index in [9.17, 15) is 8.42 Å². The molecular formula is C23H18ClN3O3S2. The summed E-state index contributed by atoms with van der Waals surface area (Å²) in [5, 5.41) is 2.90. The number of aliphatic imine (C=N–C) groups is 1.